The Hall–Kier alpha value is -0.0800. The quantitative estimate of drug-likeness (QED) is 0.523. The summed E-state index contributed by atoms with van der Waals surface area (Å²) in [5, 5.41) is 0. The van der Waals surface area contributed by atoms with E-state index in [9.17, 15) is 0 Å². The normalized spacial score (nSPS) is 49.2. The second-order valence-corrected chi connectivity index (χ2v) is 3.62. The Labute approximate surface area is 63.0 Å². The molecule has 0 aliphatic heterocycles. The van der Waals surface area contributed by atoms with Crippen LogP contribution in [0, 0.1) is 11.8 Å². The first-order chi connectivity index (χ1) is 4.63. The van der Waals surface area contributed by atoms with Gasteiger partial charge in [0.15, 0.2) is 0 Å². The third kappa shape index (κ3) is 1.32. The Kier molecular flexibility index (Phi) is 2.32. The first-order valence-corrected chi connectivity index (χ1v) is 4.14. The fourth-order valence-electron chi connectivity index (χ4n) is 1.69. The summed E-state index contributed by atoms with van der Waals surface area (Å²) in [7, 11) is 0. The van der Waals surface area contributed by atoms with E-state index >= 15 is 0 Å². The minimum Gasteiger partial charge on any atom is -0.327 e. The van der Waals surface area contributed by atoms with Gasteiger partial charge in [-0.2, -0.15) is 0 Å². The van der Waals surface area contributed by atoms with E-state index < -0.39 is 0 Å². The van der Waals surface area contributed by atoms with Gasteiger partial charge in [0.05, 0.1) is 0 Å². The Morgan fingerprint density at radius 1 is 0.900 bits per heavy atom. The smallest absolute Gasteiger partial charge is 0.00682 e. The number of rotatable bonds is 0. The zero-order chi connectivity index (χ0) is 7.72. The molecule has 0 aromatic rings. The molecule has 0 bridgehead atoms. The second kappa shape index (κ2) is 2.89. The van der Waals surface area contributed by atoms with E-state index in [0.29, 0.717) is 23.9 Å². The molecule has 1 aliphatic rings. The average molecular weight is 142 g/mol. The van der Waals surface area contributed by atoms with E-state index in [1.807, 2.05) is 0 Å². The predicted molar refractivity (Wildman–Crippen MR) is 43.5 cm³/mol. The highest BCUT2D eigenvalue weighted by Crippen LogP contribution is 2.27. The summed E-state index contributed by atoms with van der Waals surface area (Å²) in [5.74, 6) is 1.20. The molecule has 0 aromatic heterocycles. The molecule has 4 N–H and O–H groups in total. The number of nitrogens with two attached hydrogens (primary N) is 2. The minimum absolute atomic E-state index is 0.384. The van der Waals surface area contributed by atoms with Crippen LogP contribution >= 0.6 is 0 Å². The van der Waals surface area contributed by atoms with Gasteiger partial charge in [0, 0.05) is 12.1 Å². The molecule has 0 radical (unpaired) electrons. The summed E-state index contributed by atoms with van der Waals surface area (Å²) in [6.07, 6.45) is 2.21. The average Bonchev–Trinajstić information content (AvgIpc) is 1.93. The molecule has 0 saturated heterocycles. The van der Waals surface area contributed by atoms with Gasteiger partial charge in [-0.25, -0.2) is 0 Å². The molecule has 1 fully saturated rings. The lowest BCUT2D eigenvalue weighted by atomic mass is 9.75. The molecule has 0 spiro atoms. The Balaban J connectivity index is 2.52. The highest BCUT2D eigenvalue weighted by atomic mass is 14.7. The molecule has 0 aromatic carbocycles. The lowest BCUT2D eigenvalue weighted by Gasteiger charge is -2.36. The molecule has 1 rings (SSSR count). The molecule has 4 unspecified atom stereocenters. The Morgan fingerprint density at radius 3 is 1.50 bits per heavy atom. The van der Waals surface area contributed by atoms with Crippen LogP contribution in [0.5, 0.6) is 0 Å². The van der Waals surface area contributed by atoms with E-state index in [1.165, 1.54) is 0 Å². The van der Waals surface area contributed by atoms with Crippen LogP contribution in [-0.2, 0) is 0 Å². The van der Waals surface area contributed by atoms with Gasteiger partial charge in [0.1, 0.15) is 0 Å². The van der Waals surface area contributed by atoms with Gasteiger partial charge in [0.25, 0.3) is 0 Å². The van der Waals surface area contributed by atoms with E-state index in [0.717, 1.165) is 12.8 Å². The second-order valence-electron chi connectivity index (χ2n) is 3.62. The third-order valence-corrected chi connectivity index (χ3v) is 3.01. The van der Waals surface area contributed by atoms with Crippen molar-refractivity contribution in [2.45, 2.75) is 38.8 Å². The summed E-state index contributed by atoms with van der Waals surface area (Å²) >= 11 is 0. The van der Waals surface area contributed by atoms with Crippen LogP contribution in [0.3, 0.4) is 0 Å². The molecule has 1 aliphatic carbocycles. The highest BCUT2D eigenvalue weighted by molar-refractivity contribution is 4.86. The largest absolute Gasteiger partial charge is 0.327 e. The van der Waals surface area contributed by atoms with E-state index in [1.54, 1.807) is 0 Å². The molecule has 1 saturated carbocycles. The monoisotopic (exact) mass is 142 g/mol. The van der Waals surface area contributed by atoms with Gasteiger partial charge in [0.2, 0.25) is 0 Å². The van der Waals surface area contributed by atoms with Gasteiger partial charge >= 0.3 is 0 Å². The maximum atomic E-state index is 5.88. The molecule has 10 heavy (non-hydrogen) atoms. The molecule has 60 valence electrons. The van der Waals surface area contributed by atoms with Crippen molar-refractivity contribution in [3.8, 4) is 0 Å². The number of hydrogen-bond donors (Lipinski definition) is 2. The molecule has 0 heterocycles. The topological polar surface area (TPSA) is 52.0 Å². The SMILES string of the molecule is CC1C(N)CCC(N)C1C. The third-order valence-electron chi connectivity index (χ3n) is 3.01. The zero-order valence-electron chi connectivity index (χ0n) is 6.88. The molecule has 2 heteroatoms. The Bertz CT molecular complexity index is 99.8. The Morgan fingerprint density at radius 2 is 1.20 bits per heavy atom. The van der Waals surface area contributed by atoms with Gasteiger partial charge in [-0.15, -0.1) is 0 Å². The van der Waals surface area contributed by atoms with Gasteiger partial charge in [-0.1, -0.05) is 13.8 Å². The van der Waals surface area contributed by atoms with Crippen LogP contribution in [0.15, 0.2) is 0 Å². The van der Waals surface area contributed by atoms with Crippen LogP contribution in [0.25, 0.3) is 0 Å². The zero-order valence-corrected chi connectivity index (χ0v) is 6.88. The maximum absolute atomic E-state index is 5.88. The van der Waals surface area contributed by atoms with Crippen molar-refractivity contribution in [1.29, 1.82) is 0 Å². The first kappa shape index (κ1) is 8.02. The number of hydrogen-bond acceptors (Lipinski definition) is 2. The first-order valence-electron chi connectivity index (χ1n) is 4.14. The van der Waals surface area contributed by atoms with E-state index in [2.05, 4.69) is 13.8 Å². The van der Waals surface area contributed by atoms with Crippen molar-refractivity contribution in [3.05, 3.63) is 0 Å². The van der Waals surface area contributed by atoms with Gasteiger partial charge < -0.3 is 11.5 Å². The fourth-order valence-corrected chi connectivity index (χ4v) is 1.69. The van der Waals surface area contributed by atoms with Crippen LogP contribution in [0.1, 0.15) is 26.7 Å². The van der Waals surface area contributed by atoms with Crippen LogP contribution < -0.4 is 11.5 Å². The van der Waals surface area contributed by atoms with Crippen molar-refractivity contribution < 1.29 is 0 Å². The van der Waals surface area contributed by atoms with Gasteiger partial charge in [-0.05, 0) is 24.7 Å². The molecular weight excluding hydrogens is 124 g/mol. The summed E-state index contributed by atoms with van der Waals surface area (Å²) in [6.45, 7) is 4.41. The van der Waals surface area contributed by atoms with Crippen molar-refractivity contribution >= 4 is 0 Å². The predicted octanol–water partition coefficient (Wildman–Crippen LogP) is 0.707. The molecular formula is C8H18N2. The summed E-state index contributed by atoms with van der Waals surface area (Å²) < 4.78 is 0. The van der Waals surface area contributed by atoms with Crippen LogP contribution in [0.2, 0.25) is 0 Å². The van der Waals surface area contributed by atoms with E-state index in [4.69, 9.17) is 11.5 Å². The van der Waals surface area contributed by atoms with Crippen molar-refractivity contribution in [1.82, 2.24) is 0 Å². The lowest BCUT2D eigenvalue weighted by molar-refractivity contribution is 0.208. The summed E-state index contributed by atoms with van der Waals surface area (Å²) in [4.78, 5) is 0. The summed E-state index contributed by atoms with van der Waals surface area (Å²) in [5.41, 5.74) is 11.8. The lowest BCUT2D eigenvalue weighted by Crippen LogP contribution is -2.46. The molecule has 0 amide bonds. The minimum atomic E-state index is 0.384. The van der Waals surface area contributed by atoms with E-state index in [-0.39, 0.29) is 0 Å². The standard InChI is InChI=1S/C8H18N2/c1-5-6(2)8(10)4-3-7(5)9/h5-8H,3-4,9-10H2,1-2H3. The van der Waals surface area contributed by atoms with Crippen LogP contribution in [-0.4, -0.2) is 12.1 Å². The summed E-state index contributed by atoms with van der Waals surface area (Å²) in [6, 6.07) is 0.768. The van der Waals surface area contributed by atoms with Gasteiger partial charge in [-0.3, -0.25) is 0 Å². The van der Waals surface area contributed by atoms with Crippen LogP contribution in [0.4, 0.5) is 0 Å². The van der Waals surface area contributed by atoms with Crippen molar-refractivity contribution in [2.24, 2.45) is 23.3 Å². The molecule has 2 nitrogen and oxygen atoms in total. The van der Waals surface area contributed by atoms with Crippen molar-refractivity contribution in [2.75, 3.05) is 0 Å². The maximum Gasteiger partial charge on any atom is 0.00682 e. The fraction of sp³-hybridized carbons (Fsp3) is 1.00. The molecule has 4 atom stereocenters. The van der Waals surface area contributed by atoms with Crippen molar-refractivity contribution in [3.63, 3.8) is 0 Å². The highest BCUT2D eigenvalue weighted by Gasteiger charge is 2.29.